The van der Waals surface area contributed by atoms with Gasteiger partial charge in [-0.05, 0) is 6.42 Å². The van der Waals surface area contributed by atoms with Crippen LogP contribution >= 0.6 is 11.6 Å². The molecule has 94 valence electrons. The van der Waals surface area contributed by atoms with Crippen molar-refractivity contribution >= 4 is 29.1 Å². The van der Waals surface area contributed by atoms with Gasteiger partial charge in [0.15, 0.2) is 22.5 Å². The molecule has 18 heavy (non-hydrogen) atoms. The molecule has 7 nitrogen and oxygen atoms in total. The topological polar surface area (TPSA) is 110 Å². The van der Waals surface area contributed by atoms with E-state index < -0.39 is 5.91 Å². The Morgan fingerprint density at radius 3 is 2.89 bits per heavy atom. The average Bonchev–Trinajstić information content (AvgIpc) is 2.81. The molecule has 0 aliphatic carbocycles. The van der Waals surface area contributed by atoms with Gasteiger partial charge in [0, 0.05) is 12.3 Å². The van der Waals surface area contributed by atoms with E-state index >= 15 is 0 Å². The molecule has 1 amide bonds. The number of nitrogens with one attached hydrogen (secondary N) is 2. The average molecular weight is 267 g/mol. The highest BCUT2D eigenvalue weighted by Crippen LogP contribution is 2.20. The summed E-state index contributed by atoms with van der Waals surface area (Å²) in [6.45, 7) is 1.86. The summed E-state index contributed by atoms with van der Waals surface area (Å²) in [6.07, 6.45) is 2.19. The third-order valence-corrected chi connectivity index (χ3v) is 2.54. The Kier molecular flexibility index (Phi) is 3.42. The van der Waals surface area contributed by atoms with Crippen molar-refractivity contribution in [3.8, 4) is 0 Å². The molecule has 0 atom stereocenters. The van der Waals surface area contributed by atoms with E-state index in [0.717, 1.165) is 0 Å². The summed E-state index contributed by atoms with van der Waals surface area (Å²) >= 11 is 5.95. The van der Waals surface area contributed by atoms with Gasteiger partial charge in [0.05, 0.1) is 5.69 Å². The fraction of sp³-hybridized carbons (Fsp3) is 0.200. The number of carbonyl (C=O) groups excluding carboxylic acids is 1. The predicted octanol–water partition coefficient (Wildman–Crippen LogP) is 1.26. The number of hydrogen-bond acceptors (Lipinski definition) is 5. The summed E-state index contributed by atoms with van der Waals surface area (Å²) in [7, 11) is 0. The largest absolute Gasteiger partial charge is 0.364 e. The summed E-state index contributed by atoms with van der Waals surface area (Å²) in [5.74, 6) is 0.0100. The van der Waals surface area contributed by atoms with Crippen molar-refractivity contribution < 1.29 is 4.79 Å². The maximum absolute atomic E-state index is 11.3. The smallest absolute Gasteiger partial charge is 0.271 e. The highest BCUT2D eigenvalue weighted by atomic mass is 35.5. The minimum atomic E-state index is -0.674. The Morgan fingerprint density at radius 2 is 2.33 bits per heavy atom. The molecule has 0 spiro atoms. The van der Waals surface area contributed by atoms with E-state index in [-0.39, 0.29) is 16.7 Å². The normalized spacial score (nSPS) is 10.3. The molecule has 0 aliphatic rings. The summed E-state index contributed by atoms with van der Waals surface area (Å²) in [5.41, 5.74) is 5.83. The summed E-state index contributed by atoms with van der Waals surface area (Å²) in [5, 5.41) is 9.57. The van der Waals surface area contributed by atoms with E-state index in [1.165, 1.54) is 0 Å². The SMILES string of the molecule is CCc1nc(C(N)=O)c(Nc2cc[nH]n2)nc1Cl. The van der Waals surface area contributed by atoms with Gasteiger partial charge in [-0.3, -0.25) is 9.89 Å². The first-order chi connectivity index (χ1) is 8.61. The molecule has 2 aromatic rings. The highest BCUT2D eigenvalue weighted by molar-refractivity contribution is 6.30. The standard InChI is InChI=1S/C10H11ClN6O/c1-2-5-8(11)16-10(7(14-5)9(12)18)15-6-3-4-13-17-6/h3-4H,2H2,1H3,(H2,12,18)(H2,13,15,16,17). The molecule has 0 aromatic carbocycles. The summed E-state index contributed by atoms with van der Waals surface area (Å²) < 4.78 is 0. The van der Waals surface area contributed by atoms with Crippen molar-refractivity contribution in [1.29, 1.82) is 0 Å². The molecule has 2 heterocycles. The van der Waals surface area contributed by atoms with E-state index in [1.54, 1.807) is 12.3 Å². The van der Waals surface area contributed by atoms with E-state index in [0.29, 0.717) is 17.9 Å². The Balaban J connectivity index is 2.45. The van der Waals surface area contributed by atoms with Crippen molar-refractivity contribution in [2.45, 2.75) is 13.3 Å². The first-order valence-corrected chi connectivity index (χ1v) is 5.62. The zero-order chi connectivity index (χ0) is 13.1. The van der Waals surface area contributed by atoms with Crippen LogP contribution in [0, 0.1) is 0 Å². The van der Waals surface area contributed by atoms with Crippen molar-refractivity contribution in [3.05, 3.63) is 28.8 Å². The van der Waals surface area contributed by atoms with Gasteiger partial charge in [-0.15, -0.1) is 0 Å². The number of primary amides is 1. The predicted molar refractivity (Wildman–Crippen MR) is 66.8 cm³/mol. The Morgan fingerprint density at radius 1 is 1.56 bits per heavy atom. The molecule has 8 heteroatoms. The Bertz CT molecular complexity index is 568. The zero-order valence-corrected chi connectivity index (χ0v) is 10.3. The van der Waals surface area contributed by atoms with Gasteiger partial charge in [0.2, 0.25) is 0 Å². The molecule has 0 radical (unpaired) electrons. The number of nitrogens with two attached hydrogens (primary N) is 1. The molecule has 0 saturated heterocycles. The first kappa shape index (κ1) is 12.3. The molecule has 0 aliphatic heterocycles. The lowest BCUT2D eigenvalue weighted by atomic mass is 10.3. The number of halogens is 1. The number of aryl methyl sites for hydroxylation is 1. The number of anilines is 2. The molecule has 0 fully saturated rings. The lowest BCUT2D eigenvalue weighted by molar-refractivity contribution is 0.0996. The number of rotatable bonds is 4. The van der Waals surface area contributed by atoms with Gasteiger partial charge in [-0.2, -0.15) is 5.10 Å². The minimum Gasteiger partial charge on any atom is -0.364 e. The van der Waals surface area contributed by atoms with Gasteiger partial charge in [-0.1, -0.05) is 18.5 Å². The number of carbonyl (C=O) groups is 1. The second-order valence-electron chi connectivity index (χ2n) is 3.46. The van der Waals surface area contributed by atoms with Crippen LogP contribution in [-0.2, 0) is 6.42 Å². The Labute approximate surface area is 108 Å². The molecule has 0 unspecified atom stereocenters. The van der Waals surface area contributed by atoms with Crippen LogP contribution in [0.15, 0.2) is 12.3 Å². The van der Waals surface area contributed by atoms with E-state index in [4.69, 9.17) is 17.3 Å². The van der Waals surface area contributed by atoms with Gasteiger partial charge in [-0.25, -0.2) is 9.97 Å². The molecular formula is C10H11ClN6O. The van der Waals surface area contributed by atoms with Crippen LogP contribution in [0.5, 0.6) is 0 Å². The fourth-order valence-electron chi connectivity index (χ4n) is 1.38. The number of H-pyrrole nitrogens is 1. The van der Waals surface area contributed by atoms with E-state index in [9.17, 15) is 4.79 Å². The molecule has 0 saturated carbocycles. The molecule has 4 N–H and O–H groups in total. The van der Waals surface area contributed by atoms with Gasteiger partial charge in [0.1, 0.15) is 0 Å². The number of amides is 1. The monoisotopic (exact) mass is 266 g/mol. The summed E-state index contributed by atoms with van der Waals surface area (Å²) in [4.78, 5) is 19.5. The fourth-order valence-corrected chi connectivity index (χ4v) is 1.65. The van der Waals surface area contributed by atoms with Crippen LogP contribution in [0.25, 0.3) is 0 Å². The van der Waals surface area contributed by atoms with Crippen LogP contribution in [0.1, 0.15) is 23.1 Å². The van der Waals surface area contributed by atoms with Crippen molar-refractivity contribution in [1.82, 2.24) is 20.2 Å². The third-order valence-electron chi connectivity index (χ3n) is 2.23. The quantitative estimate of drug-likeness (QED) is 0.772. The van der Waals surface area contributed by atoms with Crippen molar-refractivity contribution in [2.24, 2.45) is 5.73 Å². The van der Waals surface area contributed by atoms with Crippen molar-refractivity contribution in [3.63, 3.8) is 0 Å². The van der Waals surface area contributed by atoms with Crippen LogP contribution < -0.4 is 11.1 Å². The van der Waals surface area contributed by atoms with E-state index in [2.05, 4.69) is 25.5 Å². The van der Waals surface area contributed by atoms with Crippen LogP contribution in [0.4, 0.5) is 11.6 Å². The van der Waals surface area contributed by atoms with Gasteiger partial charge in [0.25, 0.3) is 5.91 Å². The lowest BCUT2D eigenvalue weighted by Gasteiger charge is -2.09. The first-order valence-electron chi connectivity index (χ1n) is 5.24. The number of hydrogen-bond donors (Lipinski definition) is 3. The maximum atomic E-state index is 11.3. The second kappa shape index (κ2) is 5.01. The van der Waals surface area contributed by atoms with Crippen LogP contribution in [-0.4, -0.2) is 26.1 Å². The van der Waals surface area contributed by atoms with Gasteiger partial charge < -0.3 is 11.1 Å². The highest BCUT2D eigenvalue weighted by Gasteiger charge is 2.16. The van der Waals surface area contributed by atoms with E-state index in [1.807, 2.05) is 6.92 Å². The number of aromatic nitrogens is 4. The zero-order valence-electron chi connectivity index (χ0n) is 9.57. The maximum Gasteiger partial charge on any atom is 0.271 e. The lowest BCUT2D eigenvalue weighted by Crippen LogP contribution is -2.18. The molecule has 2 aromatic heterocycles. The molecule has 0 bridgehead atoms. The third kappa shape index (κ3) is 2.40. The molecule has 2 rings (SSSR count). The minimum absolute atomic E-state index is 0.0410. The van der Waals surface area contributed by atoms with Crippen LogP contribution in [0.2, 0.25) is 5.15 Å². The summed E-state index contributed by atoms with van der Waals surface area (Å²) in [6, 6.07) is 1.67. The molecular weight excluding hydrogens is 256 g/mol. The Hall–Kier alpha value is -2.15. The van der Waals surface area contributed by atoms with Gasteiger partial charge >= 0.3 is 0 Å². The number of nitrogens with zero attached hydrogens (tertiary/aromatic N) is 3. The second-order valence-corrected chi connectivity index (χ2v) is 3.82. The number of aromatic amines is 1. The van der Waals surface area contributed by atoms with Crippen LogP contribution in [0.3, 0.4) is 0 Å². The van der Waals surface area contributed by atoms with Crippen molar-refractivity contribution in [2.75, 3.05) is 5.32 Å².